The number of carbonyl (C=O) groups excluding carboxylic acids is 2. The molecule has 0 spiro atoms. The van der Waals surface area contributed by atoms with Crippen molar-refractivity contribution >= 4 is 43.5 Å². The molecule has 37 heavy (non-hydrogen) atoms. The van der Waals surface area contributed by atoms with E-state index in [-0.39, 0.29) is 17.3 Å². The number of amides is 2. The van der Waals surface area contributed by atoms with Crippen LogP contribution in [0.5, 0.6) is 5.75 Å². The van der Waals surface area contributed by atoms with E-state index in [9.17, 15) is 18.0 Å². The highest BCUT2D eigenvalue weighted by atomic mass is 79.9. The van der Waals surface area contributed by atoms with Gasteiger partial charge in [-0.15, -0.1) is 0 Å². The summed E-state index contributed by atoms with van der Waals surface area (Å²) in [5.41, 5.74) is 1.12. The molecule has 0 saturated carbocycles. The minimum absolute atomic E-state index is 0.0190. The third-order valence-electron chi connectivity index (χ3n) is 5.70. The molecule has 0 saturated heterocycles. The molecular formula is C27H30BrN3O5S. The summed E-state index contributed by atoms with van der Waals surface area (Å²) in [5, 5.41) is 2.57. The minimum atomic E-state index is -4.12. The summed E-state index contributed by atoms with van der Waals surface area (Å²) in [5.74, 6) is -0.332. The van der Waals surface area contributed by atoms with Crippen molar-refractivity contribution < 1.29 is 22.7 Å². The van der Waals surface area contributed by atoms with Gasteiger partial charge in [0.25, 0.3) is 10.0 Å². The maximum absolute atomic E-state index is 13.8. The van der Waals surface area contributed by atoms with Crippen LogP contribution in [0.1, 0.15) is 19.4 Å². The van der Waals surface area contributed by atoms with E-state index in [1.54, 1.807) is 49.4 Å². The van der Waals surface area contributed by atoms with Gasteiger partial charge in [-0.2, -0.15) is 0 Å². The first-order valence-corrected chi connectivity index (χ1v) is 14.0. The normalized spacial score (nSPS) is 11.9. The number of anilines is 1. The molecule has 3 aromatic carbocycles. The summed E-state index contributed by atoms with van der Waals surface area (Å²) in [4.78, 5) is 27.6. The maximum atomic E-state index is 13.8. The Hall–Kier alpha value is -3.37. The van der Waals surface area contributed by atoms with E-state index in [1.807, 2.05) is 31.2 Å². The Labute approximate surface area is 226 Å². The van der Waals surface area contributed by atoms with Crippen LogP contribution in [0.3, 0.4) is 0 Å². The number of rotatable bonds is 11. The van der Waals surface area contributed by atoms with Crippen LogP contribution in [0.2, 0.25) is 0 Å². The van der Waals surface area contributed by atoms with Crippen molar-refractivity contribution in [3.63, 3.8) is 0 Å². The lowest BCUT2D eigenvalue weighted by atomic mass is 10.1. The zero-order chi connectivity index (χ0) is 27.0. The van der Waals surface area contributed by atoms with Crippen LogP contribution >= 0.6 is 15.9 Å². The van der Waals surface area contributed by atoms with Crippen molar-refractivity contribution in [3.05, 3.63) is 88.9 Å². The van der Waals surface area contributed by atoms with Gasteiger partial charge in [0.15, 0.2) is 0 Å². The largest absolute Gasteiger partial charge is 0.494 e. The average molecular weight is 589 g/mol. The predicted molar refractivity (Wildman–Crippen MR) is 147 cm³/mol. The Balaban J connectivity index is 1.99. The molecule has 8 nitrogen and oxygen atoms in total. The van der Waals surface area contributed by atoms with Gasteiger partial charge in [-0.05, 0) is 67.9 Å². The van der Waals surface area contributed by atoms with E-state index in [2.05, 4.69) is 21.2 Å². The second-order valence-electron chi connectivity index (χ2n) is 8.19. The second-order valence-corrected chi connectivity index (χ2v) is 11.0. The first-order valence-electron chi connectivity index (χ1n) is 11.7. The highest BCUT2D eigenvalue weighted by Crippen LogP contribution is 2.26. The van der Waals surface area contributed by atoms with Crippen LogP contribution < -0.4 is 14.4 Å². The summed E-state index contributed by atoms with van der Waals surface area (Å²) < 4.78 is 34.8. The number of hydrogen-bond donors (Lipinski definition) is 1. The molecule has 0 fully saturated rings. The Kier molecular flexibility index (Phi) is 9.71. The third-order valence-corrected chi connectivity index (χ3v) is 7.98. The van der Waals surface area contributed by atoms with Crippen molar-refractivity contribution in [1.29, 1.82) is 0 Å². The van der Waals surface area contributed by atoms with Crippen molar-refractivity contribution in [2.75, 3.05) is 24.5 Å². The van der Waals surface area contributed by atoms with Crippen LogP contribution in [-0.2, 0) is 26.2 Å². The maximum Gasteiger partial charge on any atom is 0.264 e. The monoisotopic (exact) mass is 587 g/mol. The fourth-order valence-electron chi connectivity index (χ4n) is 3.75. The molecule has 1 N–H and O–H groups in total. The fourth-order valence-corrected chi connectivity index (χ4v) is 5.61. The van der Waals surface area contributed by atoms with E-state index in [0.717, 1.165) is 14.3 Å². The third kappa shape index (κ3) is 7.11. The van der Waals surface area contributed by atoms with Crippen LogP contribution in [0.4, 0.5) is 5.69 Å². The lowest BCUT2D eigenvalue weighted by Crippen LogP contribution is -2.50. The van der Waals surface area contributed by atoms with Gasteiger partial charge in [-0.3, -0.25) is 13.9 Å². The number of likely N-dealkylation sites (N-methyl/N-ethyl adjacent to an activating group) is 1. The molecule has 10 heteroatoms. The molecule has 196 valence electrons. The Morgan fingerprint density at radius 3 is 2.27 bits per heavy atom. The van der Waals surface area contributed by atoms with Gasteiger partial charge in [-0.1, -0.05) is 46.3 Å². The summed E-state index contributed by atoms with van der Waals surface area (Å²) in [7, 11) is -2.63. The molecule has 0 aromatic heterocycles. The van der Waals surface area contributed by atoms with Gasteiger partial charge in [0.05, 0.1) is 17.2 Å². The Morgan fingerprint density at radius 2 is 1.68 bits per heavy atom. The number of hydrogen-bond acceptors (Lipinski definition) is 5. The molecule has 0 radical (unpaired) electrons. The lowest BCUT2D eigenvalue weighted by Gasteiger charge is -2.31. The standard InChI is InChI=1S/C27H30BrN3O5S/c1-4-36-24-13-15-25(16-14-24)37(34,35)31(23-11-6-5-7-12-23)19-26(32)30(20(2)27(33)29-3)18-21-9-8-10-22(28)17-21/h5-17,20H,4,18-19H2,1-3H3,(H,29,33)/t20-/m0/s1. The van der Waals surface area contributed by atoms with Crippen LogP contribution in [0.15, 0.2) is 88.2 Å². The van der Waals surface area contributed by atoms with Gasteiger partial charge in [-0.25, -0.2) is 8.42 Å². The summed E-state index contributed by atoms with van der Waals surface area (Å²) in [6.45, 7) is 3.54. The number of halogens is 1. The van der Waals surface area contributed by atoms with E-state index >= 15 is 0 Å². The number of benzene rings is 3. The number of nitrogens with one attached hydrogen (secondary N) is 1. The minimum Gasteiger partial charge on any atom is -0.494 e. The molecular weight excluding hydrogens is 558 g/mol. The molecule has 0 unspecified atom stereocenters. The molecule has 3 aromatic rings. The van der Waals surface area contributed by atoms with Crippen molar-refractivity contribution in [3.8, 4) is 5.75 Å². The summed E-state index contributed by atoms with van der Waals surface area (Å²) in [6.07, 6.45) is 0. The summed E-state index contributed by atoms with van der Waals surface area (Å²) >= 11 is 3.43. The van der Waals surface area contributed by atoms with E-state index in [4.69, 9.17) is 4.74 Å². The SMILES string of the molecule is CCOc1ccc(S(=O)(=O)N(CC(=O)N(Cc2cccc(Br)c2)[C@@H](C)C(=O)NC)c2ccccc2)cc1. The van der Waals surface area contributed by atoms with Crippen LogP contribution in [-0.4, -0.2) is 51.4 Å². The molecule has 2 amide bonds. The number of para-hydroxylation sites is 1. The van der Waals surface area contributed by atoms with Gasteiger partial charge in [0.2, 0.25) is 11.8 Å². The van der Waals surface area contributed by atoms with Gasteiger partial charge >= 0.3 is 0 Å². The highest BCUT2D eigenvalue weighted by Gasteiger charge is 2.32. The number of ether oxygens (including phenoxy) is 1. The van der Waals surface area contributed by atoms with Crippen LogP contribution in [0.25, 0.3) is 0 Å². The first kappa shape index (κ1) is 28.2. The second kappa shape index (κ2) is 12.7. The topological polar surface area (TPSA) is 96.0 Å². The molecule has 1 atom stereocenters. The van der Waals surface area contributed by atoms with E-state index in [1.165, 1.54) is 24.1 Å². The highest BCUT2D eigenvalue weighted by molar-refractivity contribution is 9.10. The van der Waals surface area contributed by atoms with Crippen molar-refractivity contribution in [2.45, 2.75) is 31.3 Å². The molecule has 0 aliphatic rings. The van der Waals surface area contributed by atoms with E-state index in [0.29, 0.717) is 18.0 Å². The number of nitrogens with zero attached hydrogens (tertiary/aromatic N) is 2. The van der Waals surface area contributed by atoms with Gasteiger partial charge in [0.1, 0.15) is 18.3 Å². The van der Waals surface area contributed by atoms with E-state index < -0.39 is 28.5 Å². The smallest absolute Gasteiger partial charge is 0.264 e. The number of carbonyl (C=O) groups is 2. The predicted octanol–water partition coefficient (Wildman–Crippen LogP) is 4.21. The lowest BCUT2D eigenvalue weighted by molar-refractivity contribution is -0.139. The zero-order valence-corrected chi connectivity index (χ0v) is 23.3. The molecule has 3 rings (SSSR count). The van der Waals surface area contributed by atoms with Gasteiger partial charge < -0.3 is 15.0 Å². The number of sulfonamides is 1. The Morgan fingerprint density at radius 1 is 1.00 bits per heavy atom. The van der Waals surface area contributed by atoms with Crippen LogP contribution in [0, 0.1) is 0 Å². The quantitative estimate of drug-likeness (QED) is 0.362. The Bertz CT molecular complexity index is 1320. The molecule has 0 bridgehead atoms. The molecule has 0 aliphatic carbocycles. The zero-order valence-electron chi connectivity index (χ0n) is 20.9. The molecule has 0 aliphatic heterocycles. The fraction of sp³-hybridized carbons (Fsp3) is 0.259. The average Bonchev–Trinajstić information content (AvgIpc) is 2.90. The van der Waals surface area contributed by atoms with Crippen molar-refractivity contribution in [1.82, 2.24) is 10.2 Å². The summed E-state index contributed by atoms with van der Waals surface area (Å²) in [6, 6.07) is 21.0. The van der Waals surface area contributed by atoms with Gasteiger partial charge in [0, 0.05) is 18.1 Å². The molecule has 0 heterocycles. The first-order chi connectivity index (χ1) is 17.7. The van der Waals surface area contributed by atoms with Crippen molar-refractivity contribution in [2.24, 2.45) is 0 Å².